The standard InChI is InChI=1S/C13H24N6O8/c1-5(20)9(12(24)25)17-13(26)16-7(3-8(15)21)11(23)19-18-10(22)6(14)4-27-2/h5-7,9,20H,3-4,14H2,1-2H3,(H2,15,21)(H,18,22)(H,19,23)(H,24,25)(H2,16,17,26). The number of carbonyl (C=O) groups excluding carboxylic acids is 4. The van der Waals surface area contributed by atoms with E-state index in [1.165, 1.54) is 7.11 Å². The van der Waals surface area contributed by atoms with Crippen LogP contribution in [0.2, 0.25) is 0 Å². The zero-order valence-corrected chi connectivity index (χ0v) is 14.7. The molecule has 0 heterocycles. The van der Waals surface area contributed by atoms with Crippen molar-refractivity contribution in [2.75, 3.05) is 13.7 Å². The number of methoxy groups -OCH3 is 1. The van der Waals surface area contributed by atoms with Gasteiger partial charge in [-0.3, -0.25) is 25.2 Å². The zero-order valence-electron chi connectivity index (χ0n) is 14.7. The van der Waals surface area contributed by atoms with Gasteiger partial charge in [-0.1, -0.05) is 0 Å². The lowest BCUT2D eigenvalue weighted by Gasteiger charge is -2.21. The Kier molecular flexibility index (Phi) is 10.3. The highest BCUT2D eigenvalue weighted by atomic mass is 16.5. The molecule has 10 N–H and O–H groups in total. The van der Waals surface area contributed by atoms with E-state index in [0.717, 1.165) is 6.92 Å². The van der Waals surface area contributed by atoms with Gasteiger partial charge in [0.25, 0.3) is 11.8 Å². The second kappa shape index (κ2) is 11.6. The van der Waals surface area contributed by atoms with Crippen molar-refractivity contribution in [3.8, 4) is 0 Å². The molecule has 0 aliphatic heterocycles. The normalized spacial score (nSPS) is 14.8. The number of hydrazine groups is 1. The minimum Gasteiger partial charge on any atom is -0.480 e. The Labute approximate surface area is 153 Å². The van der Waals surface area contributed by atoms with Gasteiger partial charge in [0.2, 0.25) is 5.91 Å². The summed E-state index contributed by atoms with van der Waals surface area (Å²) in [5.41, 5.74) is 14.4. The van der Waals surface area contributed by atoms with Crippen LogP contribution in [0, 0.1) is 0 Å². The molecule has 0 rings (SSSR count). The van der Waals surface area contributed by atoms with Crippen LogP contribution < -0.4 is 33.0 Å². The average molecular weight is 392 g/mol. The molecule has 14 nitrogen and oxygen atoms in total. The summed E-state index contributed by atoms with van der Waals surface area (Å²) in [6.07, 6.45) is -2.08. The van der Waals surface area contributed by atoms with E-state index in [2.05, 4.69) is 4.74 Å². The van der Waals surface area contributed by atoms with E-state index in [1.807, 2.05) is 21.5 Å². The number of rotatable bonds is 10. The van der Waals surface area contributed by atoms with E-state index in [9.17, 15) is 29.1 Å². The quantitative estimate of drug-likeness (QED) is 0.167. The van der Waals surface area contributed by atoms with E-state index in [-0.39, 0.29) is 6.61 Å². The van der Waals surface area contributed by atoms with Crippen molar-refractivity contribution >= 4 is 29.7 Å². The molecule has 14 heteroatoms. The van der Waals surface area contributed by atoms with Gasteiger partial charge in [-0.25, -0.2) is 9.59 Å². The number of primary amides is 1. The molecule has 0 radical (unpaired) electrons. The number of aliphatic hydroxyl groups is 1. The molecule has 0 spiro atoms. The van der Waals surface area contributed by atoms with Gasteiger partial charge in [-0.05, 0) is 6.92 Å². The third-order valence-corrected chi connectivity index (χ3v) is 3.05. The zero-order chi connectivity index (χ0) is 21.1. The number of aliphatic carboxylic acids is 1. The predicted molar refractivity (Wildman–Crippen MR) is 88.5 cm³/mol. The molecule has 0 aromatic carbocycles. The highest BCUT2D eigenvalue weighted by Crippen LogP contribution is 1.96. The Morgan fingerprint density at radius 3 is 2.07 bits per heavy atom. The largest absolute Gasteiger partial charge is 0.480 e. The number of amides is 5. The van der Waals surface area contributed by atoms with Crippen LogP contribution >= 0.6 is 0 Å². The van der Waals surface area contributed by atoms with Gasteiger partial charge in [-0.2, -0.15) is 0 Å². The SMILES string of the molecule is COCC(N)C(=O)NNC(=O)C(CC(N)=O)NC(=O)NC(C(=O)O)C(C)O. The molecule has 0 aliphatic rings. The summed E-state index contributed by atoms with van der Waals surface area (Å²) in [5, 5.41) is 22.2. The van der Waals surface area contributed by atoms with Crippen LogP contribution in [0.3, 0.4) is 0 Å². The summed E-state index contributed by atoms with van der Waals surface area (Å²) in [5.74, 6) is -4.29. The van der Waals surface area contributed by atoms with Gasteiger partial charge >= 0.3 is 12.0 Å². The molecule has 4 unspecified atom stereocenters. The van der Waals surface area contributed by atoms with Crippen molar-refractivity contribution in [2.45, 2.75) is 37.6 Å². The number of aliphatic hydroxyl groups excluding tert-OH is 1. The van der Waals surface area contributed by atoms with Crippen molar-refractivity contribution in [1.29, 1.82) is 0 Å². The smallest absolute Gasteiger partial charge is 0.328 e. The average Bonchev–Trinajstić information content (AvgIpc) is 2.55. The van der Waals surface area contributed by atoms with Crippen molar-refractivity contribution in [1.82, 2.24) is 21.5 Å². The second-order valence-corrected chi connectivity index (χ2v) is 5.44. The number of carboxylic acids is 1. The first kappa shape index (κ1) is 24.0. The highest BCUT2D eigenvalue weighted by molar-refractivity contribution is 5.93. The van der Waals surface area contributed by atoms with Gasteiger partial charge in [0.05, 0.1) is 19.1 Å². The number of nitrogens with one attached hydrogen (secondary N) is 4. The second-order valence-electron chi connectivity index (χ2n) is 5.44. The molecule has 0 bridgehead atoms. The first-order valence-electron chi connectivity index (χ1n) is 7.60. The summed E-state index contributed by atoms with van der Waals surface area (Å²) in [7, 11) is 1.31. The molecule has 27 heavy (non-hydrogen) atoms. The van der Waals surface area contributed by atoms with Gasteiger partial charge in [0.1, 0.15) is 12.1 Å². The predicted octanol–water partition coefficient (Wildman–Crippen LogP) is -4.52. The number of urea groups is 1. The summed E-state index contributed by atoms with van der Waals surface area (Å²) in [4.78, 5) is 57.5. The Balaban J connectivity index is 4.88. The lowest BCUT2D eigenvalue weighted by molar-refractivity contribution is -0.141. The minimum atomic E-state index is -1.66. The number of hydrogen-bond acceptors (Lipinski definition) is 8. The molecule has 0 aromatic heterocycles. The molecule has 0 aromatic rings. The van der Waals surface area contributed by atoms with E-state index >= 15 is 0 Å². The van der Waals surface area contributed by atoms with Crippen molar-refractivity contribution in [3.05, 3.63) is 0 Å². The third-order valence-electron chi connectivity index (χ3n) is 3.05. The van der Waals surface area contributed by atoms with Crippen LogP contribution in [-0.2, 0) is 23.9 Å². The monoisotopic (exact) mass is 392 g/mol. The van der Waals surface area contributed by atoms with E-state index in [0.29, 0.717) is 0 Å². The third kappa shape index (κ3) is 9.34. The summed E-state index contributed by atoms with van der Waals surface area (Å²) < 4.78 is 4.67. The summed E-state index contributed by atoms with van der Waals surface area (Å²) >= 11 is 0. The summed E-state index contributed by atoms with van der Waals surface area (Å²) in [6, 6.07) is -5.44. The van der Waals surface area contributed by atoms with Crippen LogP contribution in [0.1, 0.15) is 13.3 Å². The fourth-order valence-electron chi connectivity index (χ4n) is 1.70. The van der Waals surface area contributed by atoms with Crippen molar-refractivity contribution in [2.24, 2.45) is 11.5 Å². The van der Waals surface area contributed by atoms with Crippen LogP contribution in [-0.4, -0.2) is 77.9 Å². The van der Waals surface area contributed by atoms with Gasteiger partial charge in [-0.15, -0.1) is 0 Å². The molecule has 0 aliphatic carbocycles. The van der Waals surface area contributed by atoms with Crippen LogP contribution in [0.15, 0.2) is 0 Å². The molecule has 5 amide bonds. The number of ether oxygens (including phenoxy) is 1. The van der Waals surface area contributed by atoms with Crippen LogP contribution in [0.4, 0.5) is 4.79 Å². The molecule has 0 saturated heterocycles. The first-order valence-corrected chi connectivity index (χ1v) is 7.60. The minimum absolute atomic E-state index is 0.122. The molecular formula is C13H24N6O8. The number of hydrogen-bond donors (Lipinski definition) is 8. The Hall–Kier alpha value is -2.97. The van der Waals surface area contributed by atoms with Gasteiger partial charge < -0.3 is 37.1 Å². The van der Waals surface area contributed by atoms with E-state index in [4.69, 9.17) is 16.6 Å². The van der Waals surface area contributed by atoms with Crippen LogP contribution in [0.25, 0.3) is 0 Å². The Morgan fingerprint density at radius 2 is 1.63 bits per heavy atom. The fraction of sp³-hybridized carbons (Fsp3) is 0.615. The van der Waals surface area contributed by atoms with Crippen LogP contribution in [0.5, 0.6) is 0 Å². The molecular weight excluding hydrogens is 368 g/mol. The fourth-order valence-corrected chi connectivity index (χ4v) is 1.70. The molecule has 154 valence electrons. The van der Waals surface area contributed by atoms with Gasteiger partial charge in [0, 0.05) is 7.11 Å². The van der Waals surface area contributed by atoms with Crippen molar-refractivity contribution in [3.63, 3.8) is 0 Å². The van der Waals surface area contributed by atoms with E-state index < -0.39 is 60.4 Å². The maximum Gasteiger partial charge on any atom is 0.328 e. The highest BCUT2D eigenvalue weighted by Gasteiger charge is 2.28. The first-order chi connectivity index (χ1) is 12.5. The molecule has 4 atom stereocenters. The lowest BCUT2D eigenvalue weighted by atomic mass is 10.1. The maximum atomic E-state index is 12.0. The van der Waals surface area contributed by atoms with Gasteiger partial charge in [0.15, 0.2) is 6.04 Å². The topological polar surface area (TPSA) is 235 Å². The lowest BCUT2D eigenvalue weighted by Crippen LogP contribution is -2.59. The number of carbonyl (C=O) groups is 5. The molecule has 0 fully saturated rings. The Morgan fingerprint density at radius 1 is 1.07 bits per heavy atom. The number of nitrogens with two attached hydrogens (primary N) is 2. The van der Waals surface area contributed by atoms with Crippen molar-refractivity contribution < 1.29 is 38.9 Å². The maximum absolute atomic E-state index is 12.0. The van der Waals surface area contributed by atoms with E-state index in [1.54, 1.807) is 0 Å². The summed E-state index contributed by atoms with van der Waals surface area (Å²) in [6.45, 7) is 1.01. The molecule has 0 saturated carbocycles. The number of carboxylic acid groups (broad SMARTS) is 1. The Bertz CT molecular complexity index is 569.